The van der Waals surface area contributed by atoms with Crippen LogP contribution in [0.1, 0.15) is 21.9 Å². The van der Waals surface area contributed by atoms with Gasteiger partial charge in [0.15, 0.2) is 5.13 Å². The number of carbonyl (C=O) groups excluding carboxylic acids is 1. The van der Waals surface area contributed by atoms with Crippen LogP contribution >= 0.6 is 11.3 Å². The Balaban J connectivity index is 1.32. The van der Waals surface area contributed by atoms with Crippen molar-refractivity contribution in [3.63, 3.8) is 0 Å². The summed E-state index contributed by atoms with van der Waals surface area (Å²) in [6.45, 7) is 6.26. The van der Waals surface area contributed by atoms with Gasteiger partial charge in [-0.15, -0.1) is 11.3 Å². The second-order valence-electron chi connectivity index (χ2n) is 6.74. The molecule has 0 atom stereocenters. The number of aromatic nitrogens is 3. The lowest BCUT2D eigenvalue weighted by atomic mass is 10.2. The van der Waals surface area contributed by atoms with Crippen LogP contribution in [0.15, 0.2) is 34.3 Å². The molecule has 9 nitrogen and oxygen atoms in total. The predicted octanol–water partition coefficient (Wildman–Crippen LogP) is 2.26. The Morgan fingerprint density at radius 2 is 2.07 bits per heavy atom. The van der Waals surface area contributed by atoms with Crippen molar-refractivity contribution in [3.8, 4) is 0 Å². The molecule has 3 aromatic rings. The molecule has 10 heteroatoms. The number of carbonyl (C=O) groups is 1. The fourth-order valence-corrected chi connectivity index (χ4v) is 3.84. The van der Waals surface area contributed by atoms with Crippen molar-refractivity contribution in [3.05, 3.63) is 47.1 Å². The third-order valence-corrected chi connectivity index (χ3v) is 5.50. The highest BCUT2D eigenvalue weighted by Crippen LogP contribution is 2.22. The van der Waals surface area contributed by atoms with Crippen molar-refractivity contribution in [2.45, 2.75) is 13.5 Å². The van der Waals surface area contributed by atoms with Crippen LogP contribution in [0.5, 0.6) is 0 Å². The second kappa shape index (κ2) is 8.58. The lowest BCUT2D eigenvalue weighted by Gasteiger charge is -2.36. The second-order valence-corrected chi connectivity index (χ2v) is 7.63. The Morgan fingerprint density at radius 1 is 1.24 bits per heavy atom. The van der Waals surface area contributed by atoms with Crippen LogP contribution in [0.25, 0.3) is 0 Å². The zero-order chi connectivity index (χ0) is 20.2. The minimum absolute atomic E-state index is 0.166. The number of piperazine rings is 1. The smallest absolute Gasteiger partial charge is 0.301 e. The van der Waals surface area contributed by atoms with E-state index in [1.807, 2.05) is 18.4 Å². The number of amides is 1. The molecular weight excluding hydrogens is 390 g/mol. The molecule has 1 saturated heterocycles. The van der Waals surface area contributed by atoms with Crippen LogP contribution in [-0.4, -0.2) is 59.0 Å². The van der Waals surface area contributed by atoms with Crippen molar-refractivity contribution in [1.82, 2.24) is 25.2 Å². The van der Waals surface area contributed by atoms with Crippen molar-refractivity contribution < 1.29 is 9.21 Å². The molecule has 2 N–H and O–H groups in total. The molecule has 152 valence electrons. The molecule has 4 rings (SSSR count). The Bertz CT molecular complexity index is 965. The summed E-state index contributed by atoms with van der Waals surface area (Å²) >= 11 is 1.50. The zero-order valence-corrected chi connectivity index (χ0v) is 17.2. The number of rotatable bonds is 6. The largest absolute Gasteiger partial charge is 0.427 e. The molecule has 0 bridgehead atoms. The third-order valence-electron chi connectivity index (χ3n) is 4.81. The first-order valence-electron chi connectivity index (χ1n) is 9.40. The summed E-state index contributed by atoms with van der Waals surface area (Å²) in [5, 5.41) is 8.33. The van der Waals surface area contributed by atoms with Gasteiger partial charge in [0.1, 0.15) is 11.5 Å². The van der Waals surface area contributed by atoms with E-state index in [0.717, 1.165) is 48.5 Å². The predicted molar refractivity (Wildman–Crippen MR) is 112 cm³/mol. The van der Waals surface area contributed by atoms with Crippen molar-refractivity contribution in [2.24, 2.45) is 0 Å². The van der Waals surface area contributed by atoms with Crippen LogP contribution < -0.4 is 15.5 Å². The summed E-state index contributed by atoms with van der Waals surface area (Å²) in [5.74, 6) is 0.658. The number of aryl methyl sites for hydroxylation is 1. The normalized spacial score (nSPS) is 14.8. The Kier molecular flexibility index (Phi) is 5.72. The fourth-order valence-electron chi connectivity index (χ4n) is 3.32. The fraction of sp³-hybridized carbons (Fsp3) is 0.368. The molecule has 0 radical (unpaired) electrons. The summed E-state index contributed by atoms with van der Waals surface area (Å²) < 4.78 is 5.78. The molecule has 0 saturated carbocycles. The molecule has 3 aromatic heterocycles. The highest BCUT2D eigenvalue weighted by molar-refractivity contribution is 7.13. The summed E-state index contributed by atoms with van der Waals surface area (Å²) in [6, 6.07) is 4.22. The molecule has 0 aromatic carbocycles. The molecule has 1 amide bonds. The summed E-state index contributed by atoms with van der Waals surface area (Å²) in [6.07, 6.45) is 3.49. The molecule has 1 fully saturated rings. The van der Waals surface area contributed by atoms with E-state index < -0.39 is 0 Å². The topological polar surface area (TPSA) is 99.4 Å². The van der Waals surface area contributed by atoms with Crippen molar-refractivity contribution >= 4 is 34.1 Å². The standard InChI is InChI=1S/C19H23N7O2S/c1-13-16(4-3-15(23-13)17(27)20-2)26-8-6-25(7-9-26)12-14-11-22-18(28-14)24-19-21-5-10-29-19/h3-5,10-11H,6-9,12H2,1-2H3,(H,20,27)(H,21,22,24). The van der Waals surface area contributed by atoms with E-state index in [9.17, 15) is 4.79 Å². The first kappa shape index (κ1) is 19.3. The van der Waals surface area contributed by atoms with E-state index >= 15 is 0 Å². The van der Waals surface area contributed by atoms with Crippen LogP contribution in [0.3, 0.4) is 0 Å². The highest BCUT2D eigenvalue weighted by atomic mass is 32.1. The molecule has 1 aliphatic heterocycles. The monoisotopic (exact) mass is 413 g/mol. The number of thiazole rings is 1. The van der Waals surface area contributed by atoms with Gasteiger partial charge in [-0.3, -0.25) is 15.0 Å². The van der Waals surface area contributed by atoms with Gasteiger partial charge in [0.05, 0.1) is 24.1 Å². The number of hydrogen-bond acceptors (Lipinski definition) is 9. The summed E-state index contributed by atoms with van der Waals surface area (Å²) in [4.78, 5) is 29.3. The number of anilines is 3. The van der Waals surface area contributed by atoms with Gasteiger partial charge in [-0.25, -0.2) is 15.0 Å². The lowest BCUT2D eigenvalue weighted by molar-refractivity contribution is 0.0958. The van der Waals surface area contributed by atoms with Crippen LogP contribution in [0, 0.1) is 6.92 Å². The average molecular weight is 414 g/mol. The van der Waals surface area contributed by atoms with Crippen LogP contribution in [-0.2, 0) is 6.54 Å². The molecule has 0 spiro atoms. The van der Waals surface area contributed by atoms with Crippen molar-refractivity contribution in [2.75, 3.05) is 43.4 Å². The molecule has 29 heavy (non-hydrogen) atoms. The van der Waals surface area contributed by atoms with E-state index in [0.29, 0.717) is 18.3 Å². The first-order chi connectivity index (χ1) is 14.1. The number of hydrogen-bond donors (Lipinski definition) is 2. The Hall–Kier alpha value is -2.98. The Labute approximate surface area is 172 Å². The molecular formula is C19H23N7O2S. The Morgan fingerprint density at radius 3 is 2.76 bits per heavy atom. The van der Waals surface area contributed by atoms with Gasteiger partial charge in [-0.2, -0.15) is 0 Å². The SMILES string of the molecule is CNC(=O)c1ccc(N2CCN(Cc3cnc(Nc4nccs4)o3)CC2)c(C)n1. The van der Waals surface area contributed by atoms with Gasteiger partial charge in [-0.05, 0) is 19.1 Å². The average Bonchev–Trinajstić information content (AvgIpc) is 3.40. The maximum atomic E-state index is 11.7. The van der Waals surface area contributed by atoms with E-state index in [4.69, 9.17) is 4.42 Å². The van der Waals surface area contributed by atoms with Crippen LogP contribution in [0.2, 0.25) is 0 Å². The molecule has 1 aliphatic rings. The van der Waals surface area contributed by atoms with E-state index in [1.165, 1.54) is 11.3 Å². The van der Waals surface area contributed by atoms with E-state index in [1.54, 1.807) is 25.5 Å². The maximum Gasteiger partial charge on any atom is 0.301 e. The van der Waals surface area contributed by atoms with Gasteiger partial charge >= 0.3 is 6.01 Å². The van der Waals surface area contributed by atoms with E-state index in [-0.39, 0.29) is 5.91 Å². The first-order valence-corrected chi connectivity index (χ1v) is 10.3. The van der Waals surface area contributed by atoms with E-state index in [2.05, 4.69) is 35.4 Å². The summed E-state index contributed by atoms with van der Waals surface area (Å²) in [7, 11) is 1.61. The number of oxazole rings is 1. The van der Waals surface area contributed by atoms with Gasteiger partial charge in [0.25, 0.3) is 5.91 Å². The molecule has 0 unspecified atom stereocenters. The minimum Gasteiger partial charge on any atom is -0.427 e. The van der Waals surface area contributed by atoms with Crippen molar-refractivity contribution in [1.29, 1.82) is 0 Å². The minimum atomic E-state index is -0.166. The molecule has 4 heterocycles. The molecule has 0 aliphatic carbocycles. The van der Waals surface area contributed by atoms with Gasteiger partial charge in [0.2, 0.25) is 0 Å². The number of nitrogens with one attached hydrogen (secondary N) is 2. The van der Waals surface area contributed by atoms with Gasteiger partial charge in [-0.1, -0.05) is 0 Å². The van der Waals surface area contributed by atoms with Crippen LogP contribution in [0.4, 0.5) is 16.8 Å². The quantitative estimate of drug-likeness (QED) is 0.635. The van der Waals surface area contributed by atoms with Gasteiger partial charge in [0, 0.05) is 44.8 Å². The zero-order valence-electron chi connectivity index (χ0n) is 16.4. The lowest BCUT2D eigenvalue weighted by Crippen LogP contribution is -2.46. The number of nitrogens with zero attached hydrogens (tertiary/aromatic N) is 5. The number of pyridine rings is 1. The highest BCUT2D eigenvalue weighted by Gasteiger charge is 2.21. The third kappa shape index (κ3) is 4.54. The van der Waals surface area contributed by atoms with Gasteiger partial charge < -0.3 is 14.6 Å². The summed E-state index contributed by atoms with van der Waals surface area (Å²) in [5.41, 5.74) is 2.39. The maximum absolute atomic E-state index is 11.7.